The minimum Gasteiger partial charge on any atom is -0.398 e. The van der Waals surface area contributed by atoms with E-state index in [9.17, 15) is 13.2 Å². The van der Waals surface area contributed by atoms with E-state index >= 15 is 0 Å². The number of nitrogens with two attached hydrogens (primary N) is 1. The molecule has 1 aliphatic rings. The van der Waals surface area contributed by atoms with Crippen molar-refractivity contribution in [3.05, 3.63) is 23.8 Å². The Morgan fingerprint density at radius 1 is 1.45 bits per heavy atom. The van der Waals surface area contributed by atoms with E-state index in [-0.39, 0.29) is 23.4 Å². The van der Waals surface area contributed by atoms with Gasteiger partial charge in [-0.3, -0.25) is 4.79 Å². The first-order valence-corrected chi connectivity index (χ1v) is 7.86. The molecule has 20 heavy (non-hydrogen) atoms. The molecule has 3 N–H and O–H groups in total. The molecule has 0 aliphatic heterocycles. The van der Waals surface area contributed by atoms with Crippen LogP contribution in [0.1, 0.15) is 18.4 Å². The summed E-state index contributed by atoms with van der Waals surface area (Å²) in [7, 11) is -2.31. The maximum absolute atomic E-state index is 12.3. The van der Waals surface area contributed by atoms with Crippen LogP contribution in [0.4, 0.5) is 5.69 Å². The molecular formula is C13H19N3O3S. The number of nitrogens with zero attached hydrogens (tertiary/aromatic N) is 1. The van der Waals surface area contributed by atoms with Gasteiger partial charge in [0.1, 0.15) is 0 Å². The Balaban J connectivity index is 2.11. The van der Waals surface area contributed by atoms with Crippen LogP contribution in [0, 0.1) is 6.92 Å². The highest BCUT2D eigenvalue weighted by atomic mass is 32.2. The molecule has 110 valence electrons. The molecule has 1 amide bonds. The van der Waals surface area contributed by atoms with Crippen molar-refractivity contribution in [1.82, 2.24) is 9.62 Å². The number of anilines is 1. The number of sulfonamides is 1. The molecular weight excluding hydrogens is 278 g/mol. The highest BCUT2D eigenvalue weighted by Gasteiger charge is 2.27. The number of aryl methyl sites for hydroxylation is 1. The number of nitrogen functional groups attached to an aromatic ring is 1. The lowest BCUT2D eigenvalue weighted by atomic mass is 10.2. The summed E-state index contributed by atoms with van der Waals surface area (Å²) in [6.07, 6.45) is 1.94. The Hall–Kier alpha value is -1.60. The third kappa shape index (κ3) is 3.29. The number of hydrogen-bond acceptors (Lipinski definition) is 4. The molecule has 1 aromatic carbocycles. The number of carbonyl (C=O) groups is 1. The fourth-order valence-electron chi connectivity index (χ4n) is 1.75. The van der Waals surface area contributed by atoms with E-state index in [4.69, 9.17) is 5.73 Å². The van der Waals surface area contributed by atoms with Gasteiger partial charge in [-0.05, 0) is 37.5 Å². The molecule has 1 aliphatic carbocycles. The van der Waals surface area contributed by atoms with Gasteiger partial charge in [0.2, 0.25) is 15.9 Å². The average Bonchev–Trinajstić information content (AvgIpc) is 3.16. The van der Waals surface area contributed by atoms with Gasteiger partial charge in [0, 0.05) is 18.8 Å². The molecule has 0 atom stereocenters. The zero-order chi connectivity index (χ0) is 14.9. The van der Waals surface area contributed by atoms with Crippen molar-refractivity contribution in [2.75, 3.05) is 19.3 Å². The average molecular weight is 297 g/mol. The third-order valence-corrected chi connectivity index (χ3v) is 5.07. The SMILES string of the molecule is Cc1ccc(S(=O)(=O)N(C)CC(=O)NC2CC2)cc1N. The van der Waals surface area contributed by atoms with Crippen molar-refractivity contribution in [3.63, 3.8) is 0 Å². The number of nitrogens with one attached hydrogen (secondary N) is 1. The molecule has 0 saturated heterocycles. The lowest BCUT2D eigenvalue weighted by Crippen LogP contribution is -2.39. The quantitative estimate of drug-likeness (QED) is 0.773. The molecule has 1 saturated carbocycles. The largest absolute Gasteiger partial charge is 0.398 e. The number of likely N-dealkylation sites (N-methyl/N-ethyl adjacent to an activating group) is 1. The van der Waals surface area contributed by atoms with E-state index in [1.165, 1.54) is 19.2 Å². The number of amides is 1. The molecule has 6 nitrogen and oxygen atoms in total. The highest BCUT2D eigenvalue weighted by molar-refractivity contribution is 7.89. The Labute approximate surface area is 119 Å². The highest BCUT2D eigenvalue weighted by Crippen LogP contribution is 2.21. The van der Waals surface area contributed by atoms with Crippen molar-refractivity contribution < 1.29 is 13.2 Å². The van der Waals surface area contributed by atoms with Gasteiger partial charge in [0.15, 0.2) is 0 Å². The van der Waals surface area contributed by atoms with Crippen LogP contribution in [0.5, 0.6) is 0 Å². The van der Waals surface area contributed by atoms with Crippen LogP contribution in [0.25, 0.3) is 0 Å². The van der Waals surface area contributed by atoms with Gasteiger partial charge in [-0.15, -0.1) is 0 Å². The van der Waals surface area contributed by atoms with Crippen LogP contribution in [0.3, 0.4) is 0 Å². The van der Waals surface area contributed by atoms with Crippen molar-refractivity contribution in [2.45, 2.75) is 30.7 Å². The van der Waals surface area contributed by atoms with Gasteiger partial charge in [-0.2, -0.15) is 4.31 Å². The summed E-state index contributed by atoms with van der Waals surface area (Å²) < 4.78 is 25.7. The van der Waals surface area contributed by atoms with Crippen molar-refractivity contribution >= 4 is 21.6 Å². The van der Waals surface area contributed by atoms with E-state index in [0.717, 1.165) is 22.7 Å². The summed E-state index contributed by atoms with van der Waals surface area (Å²) in [5.41, 5.74) is 6.97. The molecule has 0 heterocycles. The predicted octanol–water partition coefficient (Wildman–Crippen LogP) is 0.476. The molecule has 2 rings (SSSR count). The molecule has 1 fully saturated rings. The fraction of sp³-hybridized carbons (Fsp3) is 0.462. The molecule has 7 heteroatoms. The van der Waals surface area contributed by atoms with Gasteiger partial charge in [-0.25, -0.2) is 8.42 Å². The molecule has 0 spiro atoms. The Morgan fingerprint density at radius 3 is 2.65 bits per heavy atom. The van der Waals surface area contributed by atoms with E-state index in [0.29, 0.717) is 5.69 Å². The first-order chi connectivity index (χ1) is 9.30. The minimum atomic E-state index is -3.70. The van der Waals surface area contributed by atoms with Gasteiger partial charge in [0.05, 0.1) is 11.4 Å². The van der Waals surface area contributed by atoms with Crippen LogP contribution < -0.4 is 11.1 Å². The lowest BCUT2D eigenvalue weighted by molar-refractivity contribution is -0.121. The minimum absolute atomic E-state index is 0.0994. The Kier molecular flexibility index (Phi) is 4.01. The molecule has 0 aromatic heterocycles. The summed E-state index contributed by atoms with van der Waals surface area (Å²) in [6, 6.07) is 4.78. The second-order valence-corrected chi connectivity index (χ2v) is 7.17. The van der Waals surface area contributed by atoms with Crippen LogP contribution >= 0.6 is 0 Å². The standard InChI is InChI=1S/C13H19N3O3S/c1-9-3-6-11(7-12(9)14)20(18,19)16(2)8-13(17)15-10-4-5-10/h3,6-7,10H,4-5,8,14H2,1-2H3,(H,15,17). The number of hydrogen-bond donors (Lipinski definition) is 2. The van der Waals surface area contributed by atoms with Crippen LogP contribution in [-0.2, 0) is 14.8 Å². The van der Waals surface area contributed by atoms with E-state index in [1.54, 1.807) is 13.0 Å². The number of rotatable bonds is 5. The van der Waals surface area contributed by atoms with Crippen molar-refractivity contribution in [2.24, 2.45) is 0 Å². The van der Waals surface area contributed by atoms with Gasteiger partial charge in [-0.1, -0.05) is 6.07 Å². The smallest absolute Gasteiger partial charge is 0.243 e. The zero-order valence-corrected chi connectivity index (χ0v) is 12.4. The second-order valence-electron chi connectivity index (χ2n) is 5.12. The van der Waals surface area contributed by atoms with Crippen molar-refractivity contribution in [1.29, 1.82) is 0 Å². The molecule has 0 unspecified atom stereocenters. The third-order valence-electron chi connectivity index (χ3n) is 3.27. The predicted molar refractivity (Wildman–Crippen MR) is 76.6 cm³/mol. The molecule has 0 radical (unpaired) electrons. The first-order valence-electron chi connectivity index (χ1n) is 6.42. The summed E-state index contributed by atoms with van der Waals surface area (Å²) in [5, 5.41) is 2.76. The Morgan fingerprint density at radius 2 is 2.10 bits per heavy atom. The molecule has 0 bridgehead atoms. The Bertz CT molecular complexity index is 624. The fourth-order valence-corrected chi connectivity index (χ4v) is 2.91. The monoisotopic (exact) mass is 297 g/mol. The summed E-state index contributed by atoms with van der Waals surface area (Å²) >= 11 is 0. The van der Waals surface area contributed by atoms with Crippen molar-refractivity contribution in [3.8, 4) is 0 Å². The molecule has 1 aromatic rings. The maximum atomic E-state index is 12.3. The van der Waals surface area contributed by atoms with Crippen LogP contribution in [0.15, 0.2) is 23.1 Å². The normalized spacial score (nSPS) is 15.3. The van der Waals surface area contributed by atoms with E-state index in [2.05, 4.69) is 5.32 Å². The lowest BCUT2D eigenvalue weighted by Gasteiger charge is -2.17. The van der Waals surface area contributed by atoms with Gasteiger partial charge >= 0.3 is 0 Å². The van der Waals surface area contributed by atoms with Crippen LogP contribution in [0.2, 0.25) is 0 Å². The topological polar surface area (TPSA) is 92.5 Å². The number of carbonyl (C=O) groups excluding carboxylic acids is 1. The van der Waals surface area contributed by atoms with E-state index < -0.39 is 10.0 Å². The van der Waals surface area contributed by atoms with Gasteiger partial charge < -0.3 is 11.1 Å². The van der Waals surface area contributed by atoms with Crippen LogP contribution in [-0.4, -0.2) is 38.3 Å². The second kappa shape index (κ2) is 5.41. The zero-order valence-electron chi connectivity index (χ0n) is 11.6. The van der Waals surface area contributed by atoms with Gasteiger partial charge in [0.25, 0.3) is 0 Å². The first kappa shape index (κ1) is 14.8. The summed E-state index contributed by atoms with van der Waals surface area (Å²) in [6.45, 7) is 1.62. The number of benzene rings is 1. The summed E-state index contributed by atoms with van der Waals surface area (Å²) in [4.78, 5) is 11.8. The summed E-state index contributed by atoms with van der Waals surface area (Å²) in [5.74, 6) is -0.279. The maximum Gasteiger partial charge on any atom is 0.243 e. The van der Waals surface area contributed by atoms with E-state index in [1.807, 2.05) is 0 Å².